The van der Waals surface area contributed by atoms with Crippen LogP contribution in [0.5, 0.6) is 0 Å². The number of aromatic nitrogens is 2. The van der Waals surface area contributed by atoms with Crippen molar-refractivity contribution in [3.63, 3.8) is 0 Å². The van der Waals surface area contributed by atoms with Crippen LogP contribution >= 0.6 is 15.9 Å². The molecule has 7 heteroatoms. The number of methoxy groups -OCH3 is 1. The van der Waals surface area contributed by atoms with Gasteiger partial charge in [0.2, 0.25) is 0 Å². The molecule has 0 aliphatic carbocycles. The van der Waals surface area contributed by atoms with Crippen LogP contribution in [0.3, 0.4) is 0 Å². The zero-order chi connectivity index (χ0) is 16.6. The number of carbonyl (C=O) groups excluding carboxylic acids is 1. The Morgan fingerprint density at radius 1 is 1.43 bits per heavy atom. The van der Waals surface area contributed by atoms with Crippen LogP contribution in [0, 0.1) is 11.3 Å². The van der Waals surface area contributed by atoms with Gasteiger partial charge in [-0.2, -0.15) is 0 Å². The molecule has 126 valence electrons. The lowest BCUT2D eigenvalue weighted by molar-refractivity contribution is 0.0593. The van der Waals surface area contributed by atoms with E-state index in [9.17, 15) is 4.79 Å². The highest BCUT2D eigenvalue weighted by atomic mass is 79.9. The maximum absolute atomic E-state index is 12.0. The Kier molecular flexibility index (Phi) is 4.60. The van der Waals surface area contributed by atoms with Crippen LogP contribution in [0.1, 0.15) is 37.2 Å². The topological polar surface area (TPSA) is 64.5 Å². The molecule has 3 rings (SSSR count). The summed E-state index contributed by atoms with van der Waals surface area (Å²) in [5.74, 6) is 0.704. The first-order valence-electron chi connectivity index (χ1n) is 7.94. The van der Waals surface area contributed by atoms with Gasteiger partial charge in [0, 0.05) is 18.5 Å². The number of rotatable bonds is 2. The summed E-state index contributed by atoms with van der Waals surface area (Å²) in [6.07, 6.45) is 4.02. The van der Waals surface area contributed by atoms with Crippen molar-refractivity contribution in [3.8, 4) is 0 Å². The fourth-order valence-corrected chi connectivity index (χ4v) is 3.94. The summed E-state index contributed by atoms with van der Waals surface area (Å²) in [6.45, 7) is 6.97. The summed E-state index contributed by atoms with van der Waals surface area (Å²) in [4.78, 5) is 22.8. The van der Waals surface area contributed by atoms with E-state index in [1.165, 1.54) is 7.11 Å². The Labute approximate surface area is 144 Å². The normalized spacial score (nSPS) is 26.5. The highest BCUT2D eigenvalue weighted by Gasteiger charge is 2.47. The van der Waals surface area contributed by atoms with Crippen LogP contribution in [0.15, 0.2) is 10.8 Å². The van der Waals surface area contributed by atoms with Gasteiger partial charge >= 0.3 is 5.97 Å². The van der Waals surface area contributed by atoms with E-state index in [0.717, 1.165) is 32.5 Å². The molecule has 0 bridgehead atoms. The molecule has 0 saturated carbocycles. The van der Waals surface area contributed by atoms with Crippen LogP contribution in [0.25, 0.3) is 0 Å². The Bertz CT molecular complexity index is 602. The Balaban J connectivity index is 1.79. The molecular weight excluding hydrogens is 362 g/mol. The van der Waals surface area contributed by atoms with Crippen LogP contribution in [-0.2, 0) is 9.47 Å². The lowest BCUT2D eigenvalue weighted by Gasteiger charge is -2.42. The average Bonchev–Trinajstić information content (AvgIpc) is 2.84. The summed E-state index contributed by atoms with van der Waals surface area (Å²) in [7, 11) is 1.36. The smallest absolute Gasteiger partial charge is 0.360 e. The zero-order valence-electron chi connectivity index (χ0n) is 13.7. The molecule has 0 N–H and O–H groups in total. The molecule has 2 saturated heterocycles. The summed E-state index contributed by atoms with van der Waals surface area (Å²) >= 11 is 3.26. The van der Waals surface area contributed by atoms with Crippen LogP contribution in [0.4, 0.5) is 5.82 Å². The number of piperidine rings is 1. The lowest BCUT2D eigenvalue weighted by Crippen LogP contribution is -2.44. The Morgan fingerprint density at radius 2 is 2.13 bits per heavy atom. The second kappa shape index (κ2) is 6.36. The highest BCUT2D eigenvalue weighted by Crippen LogP contribution is 2.46. The van der Waals surface area contributed by atoms with Crippen molar-refractivity contribution in [2.45, 2.75) is 32.8 Å². The Morgan fingerprint density at radius 3 is 2.70 bits per heavy atom. The number of nitrogens with zero attached hydrogens (tertiary/aromatic N) is 3. The van der Waals surface area contributed by atoms with E-state index in [1.54, 1.807) is 6.20 Å². The third-order valence-corrected chi connectivity index (χ3v) is 5.85. The number of ether oxygens (including phenoxy) is 2. The fourth-order valence-electron chi connectivity index (χ4n) is 3.66. The first-order valence-corrected chi connectivity index (χ1v) is 8.73. The molecule has 3 heterocycles. The van der Waals surface area contributed by atoms with Gasteiger partial charge < -0.3 is 14.4 Å². The molecule has 0 radical (unpaired) electrons. The first-order chi connectivity index (χ1) is 11.0. The van der Waals surface area contributed by atoms with E-state index in [-0.39, 0.29) is 11.1 Å². The molecule has 2 aliphatic rings. The molecular formula is C16H22BrN3O3. The average molecular weight is 384 g/mol. The zero-order valence-corrected chi connectivity index (χ0v) is 15.3. The second-order valence-corrected chi connectivity index (χ2v) is 7.32. The third-order valence-electron chi connectivity index (χ3n) is 5.47. The van der Waals surface area contributed by atoms with Crippen LogP contribution in [0.2, 0.25) is 0 Å². The monoisotopic (exact) mass is 383 g/mol. The molecule has 1 spiro atoms. The summed E-state index contributed by atoms with van der Waals surface area (Å²) in [5, 5.41) is 0. The standard InChI is InChI=1S/C16H22BrN3O3/c1-10-11(2)23-9-16(10)4-6-20(7-5-16)14-13(15(21)22-3)19-12(17)8-18-14/h8,10-11H,4-7,9H2,1-3H3/t10-,11+/m1/s1. The molecule has 1 aromatic rings. The van der Waals surface area contributed by atoms with E-state index in [4.69, 9.17) is 9.47 Å². The third kappa shape index (κ3) is 2.96. The number of carbonyl (C=O) groups is 1. The van der Waals surface area contributed by atoms with Crippen molar-refractivity contribution in [3.05, 3.63) is 16.5 Å². The van der Waals surface area contributed by atoms with Crippen molar-refractivity contribution in [2.24, 2.45) is 11.3 Å². The summed E-state index contributed by atoms with van der Waals surface area (Å²) < 4.78 is 11.2. The molecule has 6 nitrogen and oxygen atoms in total. The number of hydrogen-bond donors (Lipinski definition) is 0. The van der Waals surface area contributed by atoms with Gasteiger partial charge in [-0.05, 0) is 41.6 Å². The van der Waals surface area contributed by atoms with E-state index in [2.05, 4.69) is 44.6 Å². The molecule has 23 heavy (non-hydrogen) atoms. The fraction of sp³-hybridized carbons (Fsp3) is 0.688. The number of anilines is 1. The van der Waals surface area contributed by atoms with Gasteiger partial charge in [-0.1, -0.05) is 6.92 Å². The minimum atomic E-state index is -0.458. The van der Waals surface area contributed by atoms with Crippen LogP contribution in [-0.4, -0.2) is 48.8 Å². The first kappa shape index (κ1) is 16.6. The van der Waals surface area contributed by atoms with Crippen LogP contribution < -0.4 is 4.90 Å². The minimum Gasteiger partial charge on any atom is -0.464 e. The SMILES string of the molecule is COC(=O)c1nc(Br)cnc1N1CCC2(CC1)CO[C@@H](C)[C@H]2C. The predicted molar refractivity (Wildman–Crippen MR) is 89.5 cm³/mol. The maximum Gasteiger partial charge on any atom is 0.360 e. The number of hydrogen-bond acceptors (Lipinski definition) is 6. The number of halogens is 1. The molecule has 0 amide bonds. The van der Waals surface area contributed by atoms with E-state index in [0.29, 0.717) is 22.4 Å². The van der Waals surface area contributed by atoms with Crippen molar-refractivity contribution >= 4 is 27.7 Å². The van der Waals surface area contributed by atoms with Crippen molar-refractivity contribution in [2.75, 3.05) is 31.7 Å². The van der Waals surface area contributed by atoms with Crippen molar-refractivity contribution < 1.29 is 14.3 Å². The second-order valence-electron chi connectivity index (χ2n) is 6.51. The molecule has 0 aromatic carbocycles. The minimum absolute atomic E-state index is 0.254. The predicted octanol–water partition coefficient (Wildman–Crippen LogP) is 2.67. The quantitative estimate of drug-likeness (QED) is 0.731. The maximum atomic E-state index is 12.0. The lowest BCUT2D eigenvalue weighted by atomic mass is 9.70. The molecule has 2 fully saturated rings. The molecule has 2 atom stereocenters. The summed E-state index contributed by atoms with van der Waals surface area (Å²) in [5.41, 5.74) is 0.520. The van der Waals surface area contributed by atoms with Gasteiger partial charge in [-0.15, -0.1) is 0 Å². The highest BCUT2D eigenvalue weighted by molar-refractivity contribution is 9.10. The molecule has 1 aromatic heterocycles. The summed E-state index contributed by atoms with van der Waals surface area (Å²) in [6, 6.07) is 0. The van der Waals surface area contributed by atoms with Crippen molar-refractivity contribution in [1.29, 1.82) is 0 Å². The van der Waals surface area contributed by atoms with Gasteiger partial charge in [0.05, 0.1) is 26.0 Å². The van der Waals surface area contributed by atoms with E-state index < -0.39 is 5.97 Å². The van der Waals surface area contributed by atoms with Gasteiger partial charge in [-0.25, -0.2) is 14.8 Å². The Hall–Kier alpha value is -1.21. The molecule has 0 unspecified atom stereocenters. The molecule has 2 aliphatic heterocycles. The van der Waals surface area contributed by atoms with Gasteiger partial charge in [0.15, 0.2) is 11.5 Å². The van der Waals surface area contributed by atoms with Gasteiger partial charge in [0.25, 0.3) is 0 Å². The van der Waals surface area contributed by atoms with Crippen molar-refractivity contribution in [1.82, 2.24) is 9.97 Å². The van der Waals surface area contributed by atoms with E-state index >= 15 is 0 Å². The van der Waals surface area contributed by atoms with E-state index in [1.807, 2.05) is 0 Å². The largest absolute Gasteiger partial charge is 0.464 e. The van der Waals surface area contributed by atoms with Gasteiger partial charge in [0.1, 0.15) is 4.60 Å². The number of esters is 1. The van der Waals surface area contributed by atoms with Gasteiger partial charge in [-0.3, -0.25) is 0 Å².